The van der Waals surface area contributed by atoms with Crippen LogP contribution in [-0.2, 0) is 14.3 Å². The Morgan fingerprint density at radius 3 is 2.68 bits per heavy atom. The molecule has 1 atom stereocenters. The normalized spacial score (nSPS) is 12.3. The predicted molar refractivity (Wildman–Crippen MR) is 68.7 cm³/mol. The quantitative estimate of drug-likeness (QED) is 0.700. The van der Waals surface area contributed by atoms with Crippen LogP contribution in [0.4, 0.5) is 4.39 Å². The second-order valence-corrected chi connectivity index (χ2v) is 4.16. The number of methoxy groups -OCH3 is 1. The Morgan fingerprint density at radius 2 is 2.05 bits per heavy atom. The van der Waals surface area contributed by atoms with Crippen molar-refractivity contribution in [3.8, 4) is 0 Å². The number of benzene rings is 1. The maximum Gasteiger partial charge on any atom is 0.311 e. The summed E-state index contributed by atoms with van der Waals surface area (Å²) >= 11 is 0. The van der Waals surface area contributed by atoms with Gasteiger partial charge in [0.15, 0.2) is 0 Å². The molecule has 0 radical (unpaired) electrons. The number of hydrogen-bond acceptors (Lipinski definition) is 3. The third-order valence-electron chi connectivity index (χ3n) is 2.79. The molecule has 0 saturated heterocycles. The van der Waals surface area contributed by atoms with Crippen LogP contribution in [0.1, 0.15) is 24.3 Å². The van der Waals surface area contributed by atoms with E-state index < -0.39 is 17.7 Å². The SMILES string of the molecule is COCCOCCCC(C(=O)O)c1ccccc1F. The van der Waals surface area contributed by atoms with Gasteiger partial charge in [0.25, 0.3) is 0 Å². The first-order valence-corrected chi connectivity index (χ1v) is 6.20. The number of halogens is 1. The Bertz CT molecular complexity index is 395. The standard InChI is InChI=1S/C14H19FO4/c1-18-9-10-19-8-4-6-12(14(16)17)11-5-2-3-7-13(11)15/h2-3,5,7,12H,4,6,8-10H2,1H3,(H,16,17). The summed E-state index contributed by atoms with van der Waals surface area (Å²) in [5.41, 5.74) is 0.229. The van der Waals surface area contributed by atoms with Crippen molar-refractivity contribution in [3.05, 3.63) is 35.6 Å². The predicted octanol–water partition coefficient (Wildman–Crippen LogP) is 2.44. The van der Waals surface area contributed by atoms with E-state index in [9.17, 15) is 9.18 Å². The summed E-state index contributed by atoms with van der Waals surface area (Å²) in [6.07, 6.45) is 0.915. The third kappa shape index (κ3) is 5.36. The van der Waals surface area contributed by atoms with Crippen LogP contribution in [0.3, 0.4) is 0 Å². The van der Waals surface area contributed by atoms with Gasteiger partial charge in [-0.1, -0.05) is 18.2 Å². The second kappa shape index (κ2) is 8.61. The fourth-order valence-corrected chi connectivity index (χ4v) is 1.80. The molecule has 0 aliphatic carbocycles. The Balaban J connectivity index is 2.46. The summed E-state index contributed by atoms with van der Waals surface area (Å²) < 4.78 is 23.6. The van der Waals surface area contributed by atoms with Gasteiger partial charge in [0.2, 0.25) is 0 Å². The summed E-state index contributed by atoms with van der Waals surface area (Å²) in [6, 6.07) is 5.98. The zero-order valence-electron chi connectivity index (χ0n) is 11.0. The molecule has 0 amide bonds. The number of hydrogen-bond donors (Lipinski definition) is 1. The van der Waals surface area contributed by atoms with E-state index in [-0.39, 0.29) is 5.56 Å². The fraction of sp³-hybridized carbons (Fsp3) is 0.500. The molecule has 0 saturated carbocycles. The van der Waals surface area contributed by atoms with Gasteiger partial charge in [-0.25, -0.2) is 4.39 Å². The highest BCUT2D eigenvalue weighted by atomic mass is 19.1. The first kappa shape index (κ1) is 15.6. The average Bonchev–Trinajstić information content (AvgIpc) is 2.39. The molecule has 0 aliphatic heterocycles. The van der Waals surface area contributed by atoms with Gasteiger partial charge >= 0.3 is 5.97 Å². The van der Waals surface area contributed by atoms with Crippen molar-refractivity contribution in [2.24, 2.45) is 0 Å². The van der Waals surface area contributed by atoms with Crippen LogP contribution in [0.2, 0.25) is 0 Å². The maximum absolute atomic E-state index is 13.6. The van der Waals surface area contributed by atoms with Crippen LogP contribution in [0.25, 0.3) is 0 Å². The summed E-state index contributed by atoms with van der Waals surface area (Å²) in [4.78, 5) is 11.2. The van der Waals surface area contributed by atoms with Gasteiger partial charge < -0.3 is 14.6 Å². The smallest absolute Gasteiger partial charge is 0.311 e. The van der Waals surface area contributed by atoms with Crippen LogP contribution in [0, 0.1) is 5.82 Å². The van der Waals surface area contributed by atoms with Gasteiger partial charge in [0.05, 0.1) is 19.1 Å². The largest absolute Gasteiger partial charge is 0.481 e. The molecule has 4 nitrogen and oxygen atoms in total. The van der Waals surface area contributed by atoms with E-state index in [2.05, 4.69) is 0 Å². The molecule has 1 unspecified atom stereocenters. The molecule has 1 aromatic carbocycles. The van der Waals surface area contributed by atoms with E-state index in [4.69, 9.17) is 14.6 Å². The van der Waals surface area contributed by atoms with Crippen LogP contribution in [0.15, 0.2) is 24.3 Å². The molecule has 1 rings (SSSR count). The van der Waals surface area contributed by atoms with Crippen molar-refractivity contribution >= 4 is 5.97 Å². The molecule has 0 spiro atoms. The van der Waals surface area contributed by atoms with Gasteiger partial charge in [-0.15, -0.1) is 0 Å². The fourth-order valence-electron chi connectivity index (χ4n) is 1.80. The van der Waals surface area contributed by atoms with Gasteiger partial charge in [-0.2, -0.15) is 0 Å². The number of aliphatic carboxylic acids is 1. The minimum absolute atomic E-state index is 0.229. The van der Waals surface area contributed by atoms with Gasteiger partial charge in [0, 0.05) is 19.3 Å². The van der Waals surface area contributed by atoms with Gasteiger partial charge in [-0.05, 0) is 18.9 Å². The van der Waals surface area contributed by atoms with E-state index in [0.717, 1.165) is 0 Å². The van der Waals surface area contributed by atoms with Crippen molar-refractivity contribution in [3.63, 3.8) is 0 Å². The Hall–Kier alpha value is -1.46. The zero-order chi connectivity index (χ0) is 14.1. The van der Waals surface area contributed by atoms with Gasteiger partial charge in [-0.3, -0.25) is 4.79 Å². The highest BCUT2D eigenvalue weighted by molar-refractivity contribution is 5.76. The molecule has 0 aromatic heterocycles. The Labute approximate surface area is 112 Å². The number of carbonyl (C=O) groups is 1. The number of ether oxygens (including phenoxy) is 2. The van der Waals surface area contributed by atoms with Crippen LogP contribution >= 0.6 is 0 Å². The topological polar surface area (TPSA) is 55.8 Å². The zero-order valence-corrected chi connectivity index (χ0v) is 11.0. The second-order valence-electron chi connectivity index (χ2n) is 4.16. The minimum atomic E-state index is -1.01. The monoisotopic (exact) mass is 270 g/mol. The Kier molecular flexibility index (Phi) is 7.07. The minimum Gasteiger partial charge on any atom is -0.481 e. The summed E-state index contributed by atoms with van der Waals surface area (Å²) in [5, 5.41) is 9.16. The lowest BCUT2D eigenvalue weighted by Crippen LogP contribution is -2.14. The third-order valence-corrected chi connectivity index (χ3v) is 2.79. The van der Waals surface area contributed by atoms with E-state index in [0.29, 0.717) is 32.7 Å². The average molecular weight is 270 g/mol. The number of carboxylic acid groups (broad SMARTS) is 1. The lowest BCUT2D eigenvalue weighted by molar-refractivity contribution is -0.139. The van der Waals surface area contributed by atoms with Crippen LogP contribution in [0.5, 0.6) is 0 Å². The first-order chi connectivity index (χ1) is 9.16. The lowest BCUT2D eigenvalue weighted by atomic mass is 9.94. The number of rotatable bonds is 9. The summed E-state index contributed by atoms with van der Waals surface area (Å²) in [7, 11) is 1.59. The van der Waals surface area contributed by atoms with Crippen molar-refractivity contribution in [2.75, 3.05) is 26.9 Å². The van der Waals surface area contributed by atoms with E-state index >= 15 is 0 Å². The molecular formula is C14H19FO4. The highest BCUT2D eigenvalue weighted by Crippen LogP contribution is 2.24. The van der Waals surface area contributed by atoms with Crippen molar-refractivity contribution in [1.29, 1.82) is 0 Å². The lowest BCUT2D eigenvalue weighted by Gasteiger charge is -2.13. The van der Waals surface area contributed by atoms with Gasteiger partial charge in [0.1, 0.15) is 5.82 Å². The molecule has 1 N–H and O–H groups in total. The Morgan fingerprint density at radius 1 is 1.32 bits per heavy atom. The molecular weight excluding hydrogens is 251 g/mol. The molecule has 0 fully saturated rings. The molecule has 0 bridgehead atoms. The molecule has 106 valence electrons. The summed E-state index contributed by atoms with van der Waals surface area (Å²) in [6.45, 7) is 1.44. The van der Waals surface area contributed by atoms with Crippen molar-refractivity contribution < 1.29 is 23.8 Å². The molecule has 1 aromatic rings. The first-order valence-electron chi connectivity index (χ1n) is 6.20. The highest BCUT2D eigenvalue weighted by Gasteiger charge is 2.22. The maximum atomic E-state index is 13.6. The van der Waals surface area contributed by atoms with E-state index in [1.165, 1.54) is 12.1 Å². The van der Waals surface area contributed by atoms with Crippen molar-refractivity contribution in [2.45, 2.75) is 18.8 Å². The molecule has 0 heterocycles. The summed E-state index contributed by atoms with van der Waals surface area (Å²) in [5.74, 6) is -2.32. The molecule has 5 heteroatoms. The molecule has 19 heavy (non-hydrogen) atoms. The van der Waals surface area contributed by atoms with E-state index in [1.807, 2.05) is 0 Å². The van der Waals surface area contributed by atoms with Crippen molar-refractivity contribution in [1.82, 2.24) is 0 Å². The van der Waals surface area contributed by atoms with Crippen LogP contribution in [-0.4, -0.2) is 38.0 Å². The molecule has 0 aliphatic rings. The van der Waals surface area contributed by atoms with Crippen LogP contribution < -0.4 is 0 Å². The van der Waals surface area contributed by atoms with E-state index in [1.54, 1.807) is 19.2 Å². The number of carboxylic acids is 1.